The molecule has 1 atom stereocenters. The van der Waals surface area contributed by atoms with E-state index in [2.05, 4.69) is 37.9 Å². The minimum Gasteiger partial charge on any atom is -0.342 e. The molecule has 1 N–H and O–H groups in total. The molecule has 0 aromatic heterocycles. The number of carbonyl (C=O) groups excluding carboxylic acids is 2. The van der Waals surface area contributed by atoms with Crippen LogP contribution in [0.25, 0.3) is 0 Å². The summed E-state index contributed by atoms with van der Waals surface area (Å²) in [6, 6.07) is -0.0679. The maximum Gasteiger partial charge on any atom is 0.241 e. The van der Waals surface area contributed by atoms with Gasteiger partial charge >= 0.3 is 0 Å². The van der Waals surface area contributed by atoms with Gasteiger partial charge in [-0.1, -0.05) is 27.7 Å². The minimum atomic E-state index is -0.219. The van der Waals surface area contributed by atoms with Gasteiger partial charge in [-0.2, -0.15) is 0 Å². The van der Waals surface area contributed by atoms with Gasteiger partial charge in [-0.05, 0) is 30.6 Å². The fourth-order valence-corrected chi connectivity index (χ4v) is 4.10. The van der Waals surface area contributed by atoms with Gasteiger partial charge in [0.15, 0.2) is 0 Å². The Balaban J connectivity index is 1.69. The highest BCUT2D eigenvalue weighted by atomic mass is 16.2. The Labute approximate surface area is 146 Å². The summed E-state index contributed by atoms with van der Waals surface area (Å²) in [6.07, 6.45) is 4.85. The third-order valence-electron chi connectivity index (χ3n) is 5.80. The van der Waals surface area contributed by atoms with Crippen LogP contribution in [0, 0.1) is 17.8 Å². The van der Waals surface area contributed by atoms with Gasteiger partial charge in [0, 0.05) is 38.9 Å². The summed E-state index contributed by atoms with van der Waals surface area (Å²) in [7, 11) is 0. The molecule has 0 radical (unpaired) electrons. The van der Waals surface area contributed by atoms with Crippen LogP contribution >= 0.6 is 0 Å². The van der Waals surface area contributed by atoms with Gasteiger partial charge in [0.1, 0.15) is 0 Å². The predicted octanol–water partition coefficient (Wildman–Crippen LogP) is 2.22. The number of piperidine rings is 1. The zero-order valence-electron chi connectivity index (χ0n) is 15.7. The van der Waals surface area contributed by atoms with Crippen LogP contribution in [0.3, 0.4) is 0 Å². The Bertz CT molecular complexity index is 491. The molecule has 3 aliphatic rings. The van der Waals surface area contributed by atoms with Crippen LogP contribution in [0.2, 0.25) is 0 Å². The van der Waals surface area contributed by atoms with Crippen molar-refractivity contribution >= 4 is 11.8 Å². The molecule has 0 aromatic carbocycles. The number of nitrogens with one attached hydrogen (secondary N) is 1. The van der Waals surface area contributed by atoms with Gasteiger partial charge in [0.25, 0.3) is 0 Å². The number of likely N-dealkylation sites (tertiary alicyclic amines) is 1. The van der Waals surface area contributed by atoms with Gasteiger partial charge < -0.3 is 9.80 Å². The van der Waals surface area contributed by atoms with Crippen molar-refractivity contribution in [3.8, 4) is 0 Å². The molecule has 2 heterocycles. The van der Waals surface area contributed by atoms with Crippen molar-refractivity contribution < 1.29 is 9.59 Å². The molecule has 1 spiro atoms. The summed E-state index contributed by atoms with van der Waals surface area (Å²) in [5.41, 5.74) is -0.219. The van der Waals surface area contributed by atoms with E-state index in [0.717, 1.165) is 32.5 Å². The zero-order valence-corrected chi connectivity index (χ0v) is 15.7. The summed E-state index contributed by atoms with van der Waals surface area (Å²) >= 11 is 0. The van der Waals surface area contributed by atoms with Crippen molar-refractivity contribution in [1.29, 1.82) is 0 Å². The molecule has 0 aromatic rings. The summed E-state index contributed by atoms with van der Waals surface area (Å²) in [6.45, 7) is 10.8. The second-order valence-corrected chi connectivity index (χ2v) is 8.77. The van der Waals surface area contributed by atoms with Crippen LogP contribution in [0.1, 0.15) is 59.8 Å². The average Bonchev–Trinajstić information content (AvgIpc) is 3.29. The minimum absolute atomic E-state index is 0.0679. The van der Waals surface area contributed by atoms with E-state index in [0.29, 0.717) is 24.2 Å². The standard InChI is InChI=1S/C19H33N3O2/c1-13(2)11-16(23)21-9-7-19(8-10-21)20-17(14(3)4)18(24)22(19)12-15-5-6-15/h13-15,17,20H,5-12H2,1-4H3. The summed E-state index contributed by atoms with van der Waals surface area (Å²) in [4.78, 5) is 29.4. The van der Waals surface area contributed by atoms with E-state index < -0.39 is 0 Å². The van der Waals surface area contributed by atoms with E-state index >= 15 is 0 Å². The third-order valence-corrected chi connectivity index (χ3v) is 5.80. The van der Waals surface area contributed by atoms with Crippen molar-refractivity contribution in [2.45, 2.75) is 71.5 Å². The smallest absolute Gasteiger partial charge is 0.241 e. The number of amides is 2. The predicted molar refractivity (Wildman–Crippen MR) is 94.2 cm³/mol. The Morgan fingerprint density at radius 3 is 2.33 bits per heavy atom. The molecule has 2 saturated heterocycles. The molecule has 5 nitrogen and oxygen atoms in total. The fourth-order valence-electron chi connectivity index (χ4n) is 4.10. The lowest BCUT2D eigenvalue weighted by molar-refractivity contribution is -0.137. The Morgan fingerprint density at radius 2 is 1.83 bits per heavy atom. The summed E-state index contributed by atoms with van der Waals surface area (Å²) < 4.78 is 0. The second-order valence-electron chi connectivity index (χ2n) is 8.77. The van der Waals surface area contributed by atoms with Gasteiger partial charge in [0.05, 0.1) is 11.7 Å². The summed E-state index contributed by atoms with van der Waals surface area (Å²) in [5, 5.41) is 3.68. The maximum atomic E-state index is 12.9. The van der Waals surface area contributed by atoms with E-state index in [1.807, 2.05) is 4.90 Å². The Kier molecular flexibility index (Phi) is 4.92. The first-order valence-corrected chi connectivity index (χ1v) is 9.69. The fraction of sp³-hybridized carbons (Fsp3) is 0.895. The molecule has 5 heteroatoms. The average molecular weight is 335 g/mol. The van der Waals surface area contributed by atoms with E-state index in [-0.39, 0.29) is 23.5 Å². The van der Waals surface area contributed by atoms with Crippen molar-refractivity contribution in [2.75, 3.05) is 19.6 Å². The molecule has 0 bridgehead atoms. The van der Waals surface area contributed by atoms with Gasteiger partial charge in [0.2, 0.25) is 11.8 Å². The quantitative estimate of drug-likeness (QED) is 0.838. The van der Waals surface area contributed by atoms with Crippen LogP contribution in [-0.4, -0.2) is 53.0 Å². The SMILES string of the molecule is CC(C)CC(=O)N1CCC2(CC1)NC(C(C)C)C(=O)N2CC1CC1. The van der Waals surface area contributed by atoms with Gasteiger partial charge in [-0.25, -0.2) is 0 Å². The second kappa shape index (κ2) is 6.66. The van der Waals surface area contributed by atoms with Gasteiger partial charge in [-0.3, -0.25) is 14.9 Å². The van der Waals surface area contributed by atoms with Crippen LogP contribution in [0.5, 0.6) is 0 Å². The first kappa shape index (κ1) is 17.7. The highest BCUT2D eigenvalue weighted by Gasteiger charge is 2.53. The Morgan fingerprint density at radius 1 is 1.21 bits per heavy atom. The largest absolute Gasteiger partial charge is 0.342 e. The van der Waals surface area contributed by atoms with Crippen LogP contribution < -0.4 is 5.32 Å². The molecule has 1 saturated carbocycles. The monoisotopic (exact) mass is 335 g/mol. The molecule has 136 valence electrons. The molecule has 1 unspecified atom stereocenters. The van der Waals surface area contributed by atoms with Crippen LogP contribution in [0.15, 0.2) is 0 Å². The lowest BCUT2D eigenvalue weighted by Gasteiger charge is -2.45. The number of carbonyl (C=O) groups is 2. The number of nitrogens with zero attached hydrogens (tertiary/aromatic N) is 2. The van der Waals surface area contributed by atoms with Crippen molar-refractivity contribution in [3.05, 3.63) is 0 Å². The van der Waals surface area contributed by atoms with Crippen molar-refractivity contribution in [3.63, 3.8) is 0 Å². The topological polar surface area (TPSA) is 52.7 Å². The zero-order chi connectivity index (χ0) is 17.5. The van der Waals surface area contributed by atoms with E-state index in [1.54, 1.807) is 0 Å². The van der Waals surface area contributed by atoms with Crippen LogP contribution in [-0.2, 0) is 9.59 Å². The highest BCUT2D eigenvalue weighted by Crippen LogP contribution is 2.39. The molecule has 3 rings (SSSR count). The molecule has 3 fully saturated rings. The maximum absolute atomic E-state index is 12.9. The highest BCUT2D eigenvalue weighted by molar-refractivity contribution is 5.85. The molecular formula is C19H33N3O2. The third kappa shape index (κ3) is 3.46. The van der Waals surface area contributed by atoms with E-state index in [1.165, 1.54) is 12.8 Å². The summed E-state index contributed by atoms with van der Waals surface area (Å²) in [5.74, 6) is 1.94. The van der Waals surface area contributed by atoms with Crippen molar-refractivity contribution in [2.24, 2.45) is 17.8 Å². The van der Waals surface area contributed by atoms with Crippen molar-refractivity contribution in [1.82, 2.24) is 15.1 Å². The molecule has 2 amide bonds. The van der Waals surface area contributed by atoms with Crippen LogP contribution in [0.4, 0.5) is 0 Å². The Hall–Kier alpha value is -1.10. The number of hydrogen-bond donors (Lipinski definition) is 1. The molecule has 1 aliphatic carbocycles. The number of rotatable bonds is 5. The van der Waals surface area contributed by atoms with Gasteiger partial charge in [-0.15, -0.1) is 0 Å². The van der Waals surface area contributed by atoms with E-state index in [9.17, 15) is 9.59 Å². The number of hydrogen-bond acceptors (Lipinski definition) is 3. The first-order chi connectivity index (χ1) is 11.3. The molecular weight excluding hydrogens is 302 g/mol. The van der Waals surface area contributed by atoms with E-state index in [4.69, 9.17) is 0 Å². The normalized spacial score (nSPS) is 26.9. The lowest BCUT2D eigenvalue weighted by atomic mass is 9.94. The molecule has 24 heavy (non-hydrogen) atoms. The first-order valence-electron chi connectivity index (χ1n) is 9.69. The lowest BCUT2D eigenvalue weighted by Crippen LogP contribution is -2.60. The molecule has 2 aliphatic heterocycles.